The largest absolute Gasteiger partial charge is 0.326 e. The summed E-state index contributed by atoms with van der Waals surface area (Å²) in [6, 6.07) is 29.1. The highest BCUT2D eigenvalue weighted by Gasteiger charge is 2.16. The minimum atomic E-state index is -0.318. The molecule has 4 heteroatoms. The van der Waals surface area contributed by atoms with Crippen LogP contribution in [0.15, 0.2) is 97.2 Å². The maximum atomic E-state index is 13.0. The van der Waals surface area contributed by atoms with Crippen LogP contribution in [0, 0.1) is 0 Å². The number of amides is 2. The summed E-state index contributed by atoms with van der Waals surface area (Å²) in [4.78, 5) is 27.0. The highest BCUT2D eigenvalue weighted by molar-refractivity contribution is 6.04. The topological polar surface area (TPSA) is 49.4 Å². The lowest BCUT2D eigenvalue weighted by Gasteiger charge is -2.20. The summed E-state index contributed by atoms with van der Waals surface area (Å²) in [6.07, 6.45) is 2.35. The second-order valence-corrected chi connectivity index (χ2v) is 7.09. The van der Waals surface area contributed by atoms with Gasteiger partial charge in [0, 0.05) is 18.4 Å². The summed E-state index contributed by atoms with van der Waals surface area (Å²) in [5.41, 5.74) is 3.85. The molecule has 0 radical (unpaired) electrons. The van der Waals surface area contributed by atoms with Gasteiger partial charge < -0.3 is 10.2 Å². The van der Waals surface area contributed by atoms with Crippen molar-refractivity contribution in [3.63, 3.8) is 0 Å². The van der Waals surface area contributed by atoms with Gasteiger partial charge in [-0.05, 0) is 42.2 Å². The quantitative estimate of drug-likeness (QED) is 0.534. The van der Waals surface area contributed by atoms with E-state index in [0.717, 1.165) is 16.7 Å². The first-order chi connectivity index (χ1) is 14.6. The molecule has 0 aromatic heterocycles. The molecule has 0 aliphatic heterocycles. The zero-order valence-electron chi connectivity index (χ0n) is 17.1. The van der Waals surface area contributed by atoms with Crippen molar-refractivity contribution < 1.29 is 9.59 Å². The van der Waals surface area contributed by atoms with Crippen LogP contribution < -0.4 is 5.32 Å². The molecule has 0 atom stereocenters. The number of benzene rings is 3. The van der Waals surface area contributed by atoms with Crippen molar-refractivity contribution in [3.8, 4) is 0 Å². The highest BCUT2D eigenvalue weighted by atomic mass is 16.2. The minimum Gasteiger partial charge on any atom is -0.326 e. The normalized spacial score (nSPS) is 11.0. The van der Waals surface area contributed by atoms with E-state index in [1.54, 1.807) is 17.0 Å². The van der Waals surface area contributed by atoms with Gasteiger partial charge in [-0.15, -0.1) is 0 Å². The number of anilines is 1. The molecule has 3 rings (SSSR count). The van der Waals surface area contributed by atoms with Crippen molar-refractivity contribution in [2.24, 2.45) is 0 Å². The molecule has 3 aromatic rings. The monoisotopic (exact) mass is 398 g/mol. The smallest absolute Gasteiger partial charge is 0.235 e. The lowest BCUT2D eigenvalue weighted by molar-refractivity contribution is -0.132. The second kappa shape index (κ2) is 10.8. The predicted molar refractivity (Wildman–Crippen MR) is 122 cm³/mol. The molecule has 0 bridgehead atoms. The number of rotatable bonds is 8. The van der Waals surface area contributed by atoms with E-state index in [4.69, 9.17) is 0 Å². The van der Waals surface area contributed by atoms with Crippen LogP contribution in [0.5, 0.6) is 0 Å². The zero-order valence-corrected chi connectivity index (χ0v) is 17.1. The molecular formula is C26H26N2O2. The van der Waals surface area contributed by atoms with Gasteiger partial charge in [-0.3, -0.25) is 9.59 Å². The number of para-hydroxylation sites is 1. The first kappa shape index (κ1) is 21.1. The zero-order chi connectivity index (χ0) is 21.2. The molecule has 0 heterocycles. The maximum Gasteiger partial charge on any atom is 0.235 e. The number of carbonyl (C=O) groups is 2. The maximum absolute atomic E-state index is 13.0. The number of nitrogens with zero attached hydrogens (tertiary/aromatic N) is 1. The van der Waals surface area contributed by atoms with Crippen LogP contribution in [0.3, 0.4) is 0 Å². The third-order valence-electron chi connectivity index (χ3n) is 4.75. The van der Waals surface area contributed by atoms with Crippen LogP contribution in [0.4, 0.5) is 5.69 Å². The Bertz CT molecular complexity index is 983. The van der Waals surface area contributed by atoms with Crippen molar-refractivity contribution in [1.29, 1.82) is 0 Å². The average molecular weight is 399 g/mol. The Morgan fingerprint density at radius 2 is 1.40 bits per heavy atom. The van der Waals surface area contributed by atoms with Crippen LogP contribution in [0.1, 0.15) is 24.5 Å². The van der Waals surface area contributed by atoms with E-state index in [9.17, 15) is 9.59 Å². The summed E-state index contributed by atoms with van der Waals surface area (Å²) in [6.45, 7) is 2.48. The fourth-order valence-corrected chi connectivity index (χ4v) is 3.13. The van der Waals surface area contributed by atoms with Gasteiger partial charge in [-0.1, -0.05) is 78.9 Å². The predicted octanol–water partition coefficient (Wildman–Crippen LogP) is 5.15. The van der Waals surface area contributed by atoms with E-state index in [1.807, 2.05) is 92.0 Å². The minimum absolute atomic E-state index is 0.206. The molecule has 1 N–H and O–H groups in total. The molecule has 0 saturated carbocycles. The number of nitrogens with one attached hydrogen (secondary N) is 1. The Morgan fingerprint density at radius 3 is 2.03 bits per heavy atom. The second-order valence-electron chi connectivity index (χ2n) is 7.09. The van der Waals surface area contributed by atoms with E-state index in [2.05, 4.69) is 5.32 Å². The summed E-state index contributed by atoms with van der Waals surface area (Å²) >= 11 is 0. The number of carbonyl (C=O) groups excluding carboxylic acids is 2. The van der Waals surface area contributed by atoms with Gasteiger partial charge in [0.05, 0.1) is 0 Å². The first-order valence-corrected chi connectivity index (χ1v) is 10.0. The lowest BCUT2D eigenvalue weighted by Crippen LogP contribution is -2.31. The van der Waals surface area contributed by atoms with Crippen molar-refractivity contribution in [1.82, 2.24) is 4.90 Å². The van der Waals surface area contributed by atoms with E-state index in [0.29, 0.717) is 18.7 Å². The van der Waals surface area contributed by atoms with Crippen LogP contribution in [-0.2, 0) is 16.0 Å². The Labute approximate surface area is 177 Å². The molecule has 3 aromatic carbocycles. The van der Waals surface area contributed by atoms with Crippen molar-refractivity contribution in [2.45, 2.75) is 19.8 Å². The van der Waals surface area contributed by atoms with E-state index in [1.165, 1.54) is 0 Å². The summed E-state index contributed by atoms with van der Waals surface area (Å²) in [5, 5.41) is 2.78. The number of allylic oxidation sites excluding steroid dienone is 1. The Morgan fingerprint density at radius 1 is 0.833 bits per heavy atom. The van der Waals surface area contributed by atoms with Crippen LogP contribution >= 0.6 is 0 Å². The summed E-state index contributed by atoms with van der Waals surface area (Å²) in [7, 11) is 0. The van der Waals surface area contributed by atoms with Gasteiger partial charge in [0.1, 0.15) is 6.42 Å². The number of hydrogen-bond acceptors (Lipinski definition) is 2. The third-order valence-corrected chi connectivity index (χ3v) is 4.75. The van der Waals surface area contributed by atoms with Gasteiger partial charge in [-0.25, -0.2) is 0 Å². The summed E-state index contributed by atoms with van der Waals surface area (Å²) in [5.74, 6) is -0.545. The van der Waals surface area contributed by atoms with E-state index < -0.39 is 0 Å². The molecule has 0 aliphatic carbocycles. The molecule has 0 saturated heterocycles. The van der Waals surface area contributed by atoms with Gasteiger partial charge >= 0.3 is 0 Å². The third kappa shape index (κ3) is 6.45. The molecule has 0 unspecified atom stereocenters. The highest BCUT2D eigenvalue weighted by Crippen LogP contribution is 2.15. The van der Waals surface area contributed by atoms with Crippen molar-refractivity contribution in [2.75, 3.05) is 11.9 Å². The first-order valence-electron chi connectivity index (χ1n) is 10.0. The number of hydrogen-bond donors (Lipinski definition) is 1. The van der Waals surface area contributed by atoms with E-state index >= 15 is 0 Å². The SMILES string of the molecule is C/C(=C\N(CCc1ccccc1)C(=O)CC(=O)Nc1ccccc1)c1ccccc1. The Hall–Kier alpha value is -3.66. The standard InChI is InChI=1S/C26H26N2O2/c1-21(23-13-7-3-8-14-23)20-28(18-17-22-11-5-2-6-12-22)26(30)19-25(29)27-24-15-9-4-10-16-24/h2-16,20H,17-19H2,1H3,(H,27,29)/b21-20+. The Balaban J connectivity index is 1.72. The van der Waals surface area contributed by atoms with Gasteiger partial charge in [-0.2, -0.15) is 0 Å². The van der Waals surface area contributed by atoms with Crippen molar-refractivity contribution >= 4 is 23.1 Å². The van der Waals surface area contributed by atoms with Gasteiger partial charge in [0.15, 0.2) is 0 Å². The molecule has 0 aliphatic rings. The van der Waals surface area contributed by atoms with Gasteiger partial charge in [0.25, 0.3) is 0 Å². The molecule has 0 spiro atoms. The van der Waals surface area contributed by atoms with Crippen molar-refractivity contribution in [3.05, 3.63) is 108 Å². The molecule has 4 nitrogen and oxygen atoms in total. The summed E-state index contributed by atoms with van der Waals surface area (Å²) < 4.78 is 0. The van der Waals surface area contributed by atoms with E-state index in [-0.39, 0.29) is 18.2 Å². The lowest BCUT2D eigenvalue weighted by atomic mass is 10.1. The molecular weight excluding hydrogens is 372 g/mol. The van der Waals surface area contributed by atoms with Gasteiger partial charge in [0.2, 0.25) is 11.8 Å². The molecule has 30 heavy (non-hydrogen) atoms. The van der Waals surface area contributed by atoms with Crippen LogP contribution in [0.2, 0.25) is 0 Å². The fraction of sp³-hybridized carbons (Fsp3) is 0.154. The average Bonchev–Trinajstić information content (AvgIpc) is 2.78. The molecule has 0 fully saturated rings. The van der Waals surface area contributed by atoms with Crippen LogP contribution in [0.25, 0.3) is 5.57 Å². The van der Waals surface area contributed by atoms with Crippen LogP contribution in [-0.4, -0.2) is 23.3 Å². The molecule has 152 valence electrons. The molecule has 2 amide bonds. The fourth-order valence-electron chi connectivity index (χ4n) is 3.13. The Kier molecular flexibility index (Phi) is 7.56.